The number of rotatable bonds is 5. The number of carbonyl (C=O) groups excluding carboxylic acids is 1. The number of thiazole rings is 1. The van der Waals surface area contributed by atoms with Crippen LogP contribution in [-0.4, -0.2) is 36.5 Å². The van der Waals surface area contributed by atoms with Crippen LogP contribution in [0.4, 0.5) is 18.3 Å². The Bertz CT molecular complexity index is 843. The molecule has 2 heterocycles. The van der Waals surface area contributed by atoms with Gasteiger partial charge in [0.2, 0.25) is 5.91 Å². The van der Waals surface area contributed by atoms with Crippen molar-refractivity contribution in [2.75, 3.05) is 18.1 Å². The van der Waals surface area contributed by atoms with E-state index in [1.165, 1.54) is 29.5 Å². The molecule has 0 bridgehead atoms. The van der Waals surface area contributed by atoms with Crippen LogP contribution in [0.25, 0.3) is 10.2 Å². The fourth-order valence-corrected chi connectivity index (χ4v) is 4.86. The van der Waals surface area contributed by atoms with E-state index in [2.05, 4.69) is 9.72 Å². The smallest absolute Gasteiger partial charge is 0.406 e. The van der Waals surface area contributed by atoms with Gasteiger partial charge in [-0.25, -0.2) is 4.98 Å². The van der Waals surface area contributed by atoms with E-state index in [0.29, 0.717) is 28.5 Å². The number of benzene rings is 1. The van der Waals surface area contributed by atoms with Gasteiger partial charge in [-0.2, -0.15) is 0 Å². The Morgan fingerprint density at radius 2 is 2.04 bits per heavy atom. The highest BCUT2D eigenvalue weighted by Gasteiger charge is 2.33. The van der Waals surface area contributed by atoms with Gasteiger partial charge in [0.1, 0.15) is 5.75 Å². The van der Waals surface area contributed by atoms with Gasteiger partial charge in [0.15, 0.2) is 5.13 Å². The summed E-state index contributed by atoms with van der Waals surface area (Å²) in [4.78, 5) is 19.3. The lowest BCUT2D eigenvalue weighted by Crippen LogP contribution is -2.40. The van der Waals surface area contributed by atoms with E-state index >= 15 is 0 Å². The molecule has 1 aliphatic heterocycles. The zero-order valence-corrected chi connectivity index (χ0v) is 16.0. The predicted octanol–water partition coefficient (Wildman–Crippen LogP) is 4.90. The molecule has 1 atom stereocenters. The van der Waals surface area contributed by atoms with Crippen LogP contribution in [-0.2, 0) is 9.53 Å². The molecule has 2 fully saturated rings. The maximum Gasteiger partial charge on any atom is 0.573 e. The molecule has 2 aliphatic rings. The standard InChI is InChI=1S/C19H21F3N2O3S/c20-19(21,22)27-13-7-8-15-16(10-13)28-18(23-15)24(11-14-6-3-9-26-14)17(25)12-4-1-2-5-12/h7-8,10,12,14H,1-6,9,11H2. The van der Waals surface area contributed by atoms with Crippen molar-refractivity contribution in [2.45, 2.75) is 51.0 Å². The van der Waals surface area contributed by atoms with E-state index < -0.39 is 6.36 Å². The summed E-state index contributed by atoms with van der Waals surface area (Å²) in [6, 6.07) is 4.04. The first kappa shape index (κ1) is 19.4. The number of halogens is 3. The van der Waals surface area contributed by atoms with Gasteiger partial charge in [-0.05, 0) is 37.8 Å². The van der Waals surface area contributed by atoms with Crippen molar-refractivity contribution in [3.05, 3.63) is 18.2 Å². The van der Waals surface area contributed by atoms with Gasteiger partial charge in [0, 0.05) is 18.6 Å². The second-order valence-corrected chi connectivity index (χ2v) is 8.25. The fourth-order valence-electron chi connectivity index (χ4n) is 3.85. The van der Waals surface area contributed by atoms with Gasteiger partial charge in [-0.15, -0.1) is 13.2 Å². The first-order valence-electron chi connectivity index (χ1n) is 9.48. The minimum atomic E-state index is -4.74. The quantitative estimate of drug-likeness (QED) is 0.699. The van der Waals surface area contributed by atoms with Crippen LogP contribution in [0.1, 0.15) is 38.5 Å². The summed E-state index contributed by atoms with van der Waals surface area (Å²) in [6.07, 6.45) is 0.916. The molecule has 5 nitrogen and oxygen atoms in total. The average molecular weight is 414 g/mol. The average Bonchev–Trinajstić information content (AvgIpc) is 3.37. The number of amides is 1. The van der Waals surface area contributed by atoms with Crippen molar-refractivity contribution in [2.24, 2.45) is 5.92 Å². The molecule has 1 saturated carbocycles. The molecular formula is C19H21F3N2O3S. The third-order valence-electron chi connectivity index (χ3n) is 5.19. The van der Waals surface area contributed by atoms with Crippen LogP contribution in [0, 0.1) is 5.92 Å². The second-order valence-electron chi connectivity index (χ2n) is 7.24. The number of fused-ring (bicyclic) bond motifs is 1. The Morgan fingerprint density at radius 3 is 2.71 bits per heavy atom. The second kappa shape index (κ2) is 7.87. The van der Waals surface area contributed by atoms with Gasteiger partial charge < -0.3 is 9.47 Å². The number of hydrogen-bond donors (Lipinski definition) is 0. The molecule has 28 heavy (non-hydrogen) atoms. The van der Waals surface area contributed by atoms with Crippen molar-refractivity contribution in [1.29, 1.82) is 0 Å². The Kier molecular flexibility index (Phi) is 5.46. The molecule has 4 rings (SSSR count). The molecule has 0 N–H and O–H groups in total. The Morgan fingerprint density at radius 1 is 1.25 bits per heavy atom. The topological polar surface area (TPSA) is 51.7 Å². The first-order chi connectivity index (χ1) is 13.4. The number of aromatic nitrogens is 1. The van der Waals surface area contributed by atoms with Crippen molar-refractivity contribution < 1.29 is 27.4 Å². The third kappa shape index (κ3) is 4.41. The third-order valence-corrected chi connectivity index (χ3v) is 6.23. The van der Waals surface area contributed by atoms with Crippen LogP contribution in [0.2, 0.25) is 0 Å². The molecule has 0 spiro atoms. The fraction of sp³-hybridized carbons (Fsp3) is 0.579. The minimum absolute atomic E-state index is 0.0162. The van der Waals surface area contributed by atoms with Crippen molar-refractivity contribution in [3.63, 3.8) is 0 Å². The molecule has 1 unspecified atom stereocenters. The van der Waals surface area contributed by atoms with E-state index in [1.807, 2.05) is 0 Å². The SMILES string of the molecule is O=C(C1CCCC1)N(CC1CCCO1)c1nc2ccc(OC(F)(F)F)cc2s1. The number of carbonyl (C=O) groups is 1. The van der Waals surface area contributed by atoms with Crippen molar-refractivity contribution in [3.8, 4) is 5.75 Å². The molecule has 2 aromatic rings. The lowest BCUT2D eigenvalue weighted by molar-refractivity contribution is -0.274. The van der Waals surface area contributed by atoms with E-state index in [9.17, 15) is 18.0 Å². The maximum absolute atomic E-state index is 13.1. The van der Waals surface area contributed by atoms with Crippen LogP contribution >= 0.6 is 11.3 Å². The summed E-state index contributed by atoms with van der Waals surface area (Å²) < 4.78 is 47.7. The highest BCUT2D eigenvalue weighted by atomic mass is 32.1. The van der Waals surface area contributed by atoms with Gasteiger partial charge in [-0.3, -0.25) is 9.69 Å². The number of ether oxygens (including phenoxy) is 2. The number of alkyl halides is 3. The molecule has 152 valence electrons. The van der Waals surface area contributed by atoms with Crippen molar-refractivity contribution in [1.82, 2.24) is 4.98 Å². The lowest BCUT2D eigenvalue weighted by atomic mass is 10.1. The minimum Gasteiger partial charge on any atom is -0.406 e. The van der Waals surface area contributed by atoms with Crippen LogP contribution in [0.3, 0.4) is 0 Å². The van der Waals surface area contributed by atoms with Crippen LogP contribution < -0.4 is 9.64 Å². The molecule has 9 heteroatoms. The van der Waals surface area contributed by atoms with Crippen LogP contribution in [0.5, 0.6) is 5.75 Å². The van der Waals surface area contributed by atoms with E-state index in [1.54, 1.807) is 4.90 Å². The molecule has 1 aromatic carbocycles. The van der Waals surface area contributed by atoms with Crippen molar-refractivity contribution >= 4 is 32.6 Å². The summed E-state index contributed by atoms with van der Waals surface area (Å²) in [5.41, 5.74) is 0.547. The molecule has 1 aliphatic carbocycles. The molecule has 1 aromatic heterocycles. The monoisotopic (exact) mass is 414 g/mol. The zero-order chi connectivity index (χ0) is 19.7. The van der Waals surface area contributed by atoms with Crippen LogP contribution in [0.15, 0.2) is 18.2 Å². The van der Waals surface area contributed by atoms with E-state index in [-0.39, 0.29) is 23.7 Å². The highest BCUT2D eigenvalue weighted by Crippen LogP contribution is 2.36. The number of anilines is 1. The van der Waals surface area contributed by atoms with Gasteiger partial charge >= 0.3 is 6.36 Å². The predicted molar refractivity (Wildman–Crippen MR) is 99.6 cm³/mol. The summed E-state index contributed by atoms with van der Waals surface area (Å²) in [7, 11) is 0. The normalized spacial score (nSPS) is 20.8. The van der Waals surface area contributed by atoms with Gasteiger partial charge in [0.05, 0.1) is 22.9 Å². The molecule has 1 amide bonds. The summed E-state index contributed by atoms with van der Waals surface area (Å²) in [5.74, 6) is -0.264. The number of nitrogens with zero attached hydrogens (tertiary/aromatic N) is 2. The summed E-state index contributed by atoms with van der Waals surface area (Å²) >= 11 is 1.21. The largest absolute Gasteiger partial charge is 0.573 e. The zero-order valence-electron chi connectivity index (χ0n) is 15.2. The Hall–Kier alpha value is -1.87. The highest BCUT2D eigenvalue weighted by molar-refractivity contribution is 7.22. The molecule has 1 saturated heterocycles. The Balaban J connectivity index is 1.62. The Labute approximate surface area is 164 Å². The first-order valence-corrected chi connectivity index (χ1v) is 10.3. The molecule has 0 radical (unpaired) electrons. The van der Waals surface area contributed by atoms with Gasteiger partial charge in [0.25, 0.3) is 0 Å². The maximum atomic E-state index is 13.1. The van der Waals surface area contributed by atoms with E-state index in [0.717, 1.165) is 38.5 Å². The van der Waals surface area contributed by atoms with E-state index in [4.69, 9.17) is 4.74 Å². The molecular weight excluding hydrogens is 393 g/mol. The lowest BCUT2D eigenvalue weighted by Gasteiger charge is -2.25. The summed E-state index contributed by atoms with van der Waals surface area (Å²) in [6.45, 7) is 1.12. The number of hydrogen-bond acceptors (Lipinski definition) is 5. The summed E-state index contributed by atoms with van der Waals surface area (Å²) in [5, 5.41) is 0.506. The van der Waals surface area contributed by atoms with Gasteiger partial charge in [-0.1, -0.05) is 24.2 Å².